The Labute approximate surface area is 123 Å². The van der Waals surface area contributed by atoms with Gasteiger partial charge in [-0.3, -0.25) is 4.79 Å². The Bertz CT molecular complexity index is 483. The lowest BCUT2D eigenvalue weighted by molar-refractivity contribution is -0.135. The summed E-state index contributed by atoms with van der Waals surface area (Å²) in [6.45, 7) is 3.33. The Hall–Kier alpha value is -0.870. The maximum absolute atomic E-state index is 12.3. The van der Waals surface area contributed by atoms with Crippen molar-refractivity contribution in [2.45, 2.75) is 26.2 Å². The lowest BCUT2D eigenvalue weighted by atomic mass is 10.0. The highest BCUT2D eigenvalue weighted by molar-refractivity contribution is 9.10. The third kappa shape index (κ3) is 3.18. The van der Waals surface area contributed by atoms with Crippen LogP contribution in [-0.2, 0) is 11.2 Å². The van der Waals surface area contributed by atoms with Crippen molar-refractivity contribution < 1.29 is 4.79 Å². The van der Waals surface area contributed by atoms with Crippen molar-refractivity contribution in [1.29, 1.82) is 0 Å². The number of nitrogens with two attached hydrogens (primary N) is 1. The quantitative estimate of drug-likeness (QED) is 0.904. The molecule has 1 fully saturated rings. The van der Waals surface area contributed by atoms with E-state index in [1.54, 1.807) is 0 Å². The van der Waals surface area contributed by atoms with Gasteiger partial charge in [-0.25, -0.2) is 0 Å². The first-order valence-electron chi connectivity index (χ1n) is 6.69. The molecule has 4 heteroatoms. The van der Waals surface area contributed by atoms with Gasteiger partial charge < -0.3 is 10.6 Å². The van der Waals surface area contributed by atoms with Crippen LogP contribution in [0.2, 0.25) is 0 Å². The molecular formula is C15H21BrN2O. The fourth-order valence-electron chi connectivity index (χ4n) is 2.36. The van der Waals surface area contributed by atoms with E-state index >= 15 is 0 Å². The van der Waals surface area contributed by atoms with Crippen molar-refractivity contribution in [3.63, 3.8) is 0 Å². The molecule has 1 aromatic carbocycles. The normalized spacial score (nSPS) is 16.2. The second-order valence-electron chi connectivity index (χ2n) is 5.53. The van der Waals surface area contributed by atoms with Crippen molar-refractivity contribution in [3.8, 4) is 0 Å². The number of carbonyl (C=O) groups is 1. The van der Waals surface area contributed by atoms with Gasteiger partial charge in [0.05, 0.1) is 5.41 Å². The van der Waals surface area contributed by atoms with Crippen LogP contribution >= 0.6 is 15.9 Å². The molecule has 104 valence electrons. The van der Waals surface area contributed by atoms with E-state index in [1.807, 2.05) is 18.0 Å². The number of hydrogen-bond acceptors (Lipinski definition) is 2. The van der Waals surface area contributed by atoms with E-state index in [-0.39, 0.29) is 11.3 Å². The largest absolute Gasteiger partial charge is 0.345 e. The molecule has 1 aromatic rings. The van der Waals surface area contributed by atoms with E-state index < -0.39 is 0 Å². The predicted octanol–water partition coefficient (Wildman–Crippen LogP) is 2.50. The summed E-state index contributed by atoms with van der Waals surface area (Å²) in [7, 11) is 1.88. The minimum absolute atomic E-state index is 0.211. The van der Waals surface area contributed by atoms with Crippen LogP contribution in [0.25, 0.3) is 0 Å². The molecule has 0 saturated heterocycles. The lowest BCUT2D eigenvalue weighted by Gasteiger charge is -2.23. The highest BCUT2D eigenvalue weighted by Gasteiger charge is 2.49. The first kappa shape index (κ1) is 14.5. The molecule has 19 heavy (non-hydrogen) atoms. The van der Waals surface area contributed by atoms with Crippen LogP contribution in [0.5, 0.6) is 0 Å². The molecule has 1 saturated carbocycles. The zero-order valence-corrected chi connectivity index (χ0v) is 13.2. The number of rotatable bonds is 5. The zero-order chi connectivity index (χ0) is 14.0. The second kappa shape index (κ2) is 5.63. The van der Waals surface area contributed by atoms with Gasteiger partial charge in [0.25, 0.3) is 0 Å². The molecule has 2 rings (SSSR count). The molecule has 0 aromatic heterocycles. The summed E-state index contributed by atoms with van der Waals surface area (Å²) >= 11 is 3.49. The molecule has 0 atom stereocenters. The molecule has 2 N–H and O–H groups in total. The summed E-state index contributed by atoms with van der Waals surface area (Å²) in [6.07, 6.45) is 2.78. The fraction of sp³-hybridized carbons (Fsp3) is 0.533. The summed E-state index contributed by atoms with van der Waals surface area (Å²) in [5.74, 6) is 0.211. The van der Waals surface area contributed by atoms with E-state index in [1.165, 1.54) is 11.1 Å². The summed E-state index contributed by atoms with van der Waals surface area (Å²) < 4.78 is 1.09. The van der Waals surface area contributed by atoms with Gasteiger partial charge in [-0.15, -0.1) is 0 Å². The van der Waals surface area contributed by atoms with Gasteiger partial charge in [0, 0.05) is 24.6 Å². The lowest BCUT2D eigenvalue weighted by Crippen LogP contribution is -2.39. The maximum atomic E-state index is 12.3. The van der Waals surface area contributed by atoms with Crippen LogP contribution in [0.4, 0.5) is 0 Å². The van der Waals surface area contributed by atoms with E-state index in [0.29, 0.717) is 6.54 Å². The molecule has 0 spiro atoms. The molecule has 1 amide bonds. The number of amides is 1. The smallest absolute Gasteiger partial charge is 0.229 e. The van der Waals surface area contributed by atoms with E-state index in [9.17, 15) is 4.79 Å². The predicted molar refractivity (Wildman–Crippen MR) is 80.9 cm³/mol. The number of nitrogens with zero attached hydrogens (tertiary/aromatic N) is 1. The fourth-order valence-corrected chi connectivity index (χ4v) is 2.77. The number of likely N-dealkylation sites (N-methyl/N-ethyl adjacent to an activating group) is 1. The summed E-state index contributed by atoms with van der Waals surface area (Å²) in [4.78, 5) is 14.1. The molecule has 3 nitrogen and oxygen atoms in total. The number of hydrogen-bond donors (Lipinski definition) is 1. The van der Waals surface area contributed by atoms with Crippen molar-refractivity contribution >= 4 is 21.8 Å². The zero-order valence-electron chi connectivity index (χ0n) is 11.6. The van der Waals surface area contributed by atoms with Crippen LogP contribution in [0.1, 0.15) is 24.0 Å². The van der Waals surface area contributed by atoms with E-state index in [4.69, 9.17) is 5.73 Å². The van der Waals surface area contributed by atoms with Gasteiger partial charge in [0.1, 0.15) is 0 Å². The Morgan fingerprint density at radius 2 is 2.16 bits per heavy atom. The van der Waals surface area contributed by atoms with Gasteiger partial charge in [-0.05, 0) is 49.4 Å². The van der Waals surface area contributed by atoms with Gasteiger partial charge in [0.2, 0.25) is 5.91 Å². The van der Waals surface area contributed by atoms with Gasteiger partial charge >= 0.3 is 0 Å². The first-order valence-corrected chi connectivity index (χ1v) is 7.48. The Balaban J connectivity index is 1.95. The Morgan fingerprint density at radius 1 is 1.47 bits per heavy atom. The van der Waals surface area contributed by atoms with Crippen LogP contribution in [-0.4, -0.2) is 30.9 Å². The topological polar surface area (TPSA) is 46.3 Å². The highest BCUT2D eigenvalue weighted by atomic mass is 79.9. The minimum Gasteiger partial charge on any atom is -0.345 e. The van der Waals surface area contributed by atoms with Gasteiger partial charge in [-0.2, -0.15) is 0 Å². The van der Waals surface area contributed by atoms with Crippen molar-refractivity contribution in [2.24, 2.45) is 11.1 Å². The molecule has 0 aliphatic heterocycles. The number of carbonyl (C=O) groups excluding carboxylic acids is 1. The van der Waals surface area contributed by atoms with Crippen molar-refractivity contribution in [1.82, 2.24) is 4.90 Å². The van der Waals surface area contributed by atoms with E-state index in [2.05, 4.69) is 35.0 Å². The van der Waals surface area contributed by atoms with Crippen molar-refractivity contribution in [3.05, 3.63) is 33.8 Å². The second-order valence-corrected chi connectivity index (χ2v) is 6.45. The summed E-state index contributed by atoms with van der Waals surface area (Å²) in [6, 6.07) is 6.27. The molecule has 0 bridgehead atoms. The minimum atomic E-state index is -0.235. The highest BCUT2D eigenvalue weighted by Crippen LogP contribution is 2.45. The molecule has 1 aliphatic carbocycles. The summed E-state index contributed by atoms with van der Waals surface area (Å²) in [5, 5.41) is 0. The van der Waals surface area contributed by atoms with Crippen LogP contribution < -0.4 is 5.73 Å². The molecule has 1 aliphatic rings. The standard InChI is InChI=1S/C15H21BrN2O/c1-11-3-4-13(16)9-12(11)5-8-18(2)14(19)15(10-17)6-7-15/h3-4,9H,5-8,10,17H2,1-2H3. The van der Waals surface area contributed by atoms with Crippen LogP contribution in [0, 0.1) is 12.3 Å². The summed E-state index contributed by atoms with van der Waals surface area (Å²) in [5.41, 5.74) is 8.02. The van der Waals surface area contributed by atoms with Gasteiger partial charge in [-0.1, -0.05) is 22.0 Å². The maximum Gasteiger partial charge on any atom is 0.229 e. The molecular weight excluding hydrogens is 304 g/mol. The Kier molecular flexibility index (Phi) is 4.31. The van der Waals surface area contributed by atoms with Crippen LogP contribution in [0.3, 0.4) is 0 Å². The Morgan fingerprint density at radius 3 is 2.74 bits per heavy atom. The van der Waals surface area contributed by atoms with Gasteiger partial charge in [0.15, 0.2) is 0 Å². The third-order valence-electron chi connectivity index (χ3n) is 4.07. The average molecular weight is 325 g/mol. The number of benzene rings is 1. The first-order chi connectivity index (χ1) is 8.98. The number of aryl methyl sites for hydroxylation is 1. The molecule has 0 radical (unpaired) electrons. The third-order valence-corrected chi connectivity index (χ3v) is 4.57. The average Bonchev–Trinajstić information content (AvgIpc) is 3.19. The SMILES string of the molecule is Cc1ccc(Br)cc1CCN(C)C(=O)C1(CN)CC1. The molecule has 0 heterocycles. The monoisotopic (exact) mass is 324 g/mol. The molecule has 0 unspecified atom stereocenters. The van der Waals surface area contributed by atoms with Crippen LogP contribution in [0.15, 0.2) is 22.7 Å². The number of halogens is 1. The van der Waals surface area contributed by atoms with E-state index in [0.717, 1.165) is 30.3 Å². The van der Waals surface area contributed by atoms with Crippen molar-refractivity contribution in [2.75, 3.05) is 20.1 Å².